The van der Waals surface area contributed by atoms with Crippen molar-refractivity contribution in [3.05, 3.63) is 34.8 Å². The summed E-state index contributed by atoms with van der Waals surface area (Å²) in [5, 5.41) is 11.7. The summed E-state index contributed by atoms with van der Waals surface area (Å²) in [6, 6.07) is 4.98. The van der Waals surface area contributed by atoms with Gasteiger partial charge in [-0.2, -0.15) is 0 Å². The lowest BCUT2D eigenvalue weighted by Gasteiger charge is -2.42. The zero-order valence-corrected chi connectivity index (χ0v) is 30.7. The minimum absolute atomic E-state index is 0.103. The molecule has 0 radical (unpaired) electrons. The van der Waals surface area contributed by atoms with E-state index in [1.807, 2.05) is 32.9 Å². The first-order valence-electron chi connectivity index (χ1n) is 16.0. The van der Waals surface area contributed by atoms with Gasteiger partial charge in [-0.3, -0.25) is 0 Å². The van der Waals surface area contributed by atoms with Crippen LogP contribution >= 0.6 is 0 Å². The molecular formula is C33H62O6Si2. The number of rotatable bonds is 18. The molecule has 1 rings (SSSR count). The standard InChI is InChI=1S/C33H62O6Si2/c1-15-36-33(35)26(12)19-25(11)32(39-40(16-2,17-3)18-4)27(13)31(34)30-20-29(28(14)38-30)21-37-41(22(5)6,23(7)8)24(9)10/h19-20,22-25,27,31-32,34H,15-18,21H2,1-14H3/b26-19+/t25-,27+,31+,32-/m1/s1. The number of hydrogen-bond donors (Lipinski definition) is 1. The van der Waals surface area contributed by atoms with Gasteiger partial charge in [0.25, 0.3) is 0 Å². The molecule has 8 heteroatoms. The fourth-order valence-electron chi connectivity index (χ4n) is 6.76. The number of furan rings is 1. The number of ether oxygens (including phenoxy) is 1. The van der Waals surface area contributed by atoms with Gasteiger partial charge in [0.05, 0.1) is 19.3 Å². The number of carbonyl (C=O) groups excluding carboxylic acids is 1. The van der Waals surface area contributed by atoms with Crippen LogP contribution in [0, 0.1) is 18.8 Å². The molecule has 1 N–H and O–H groups in total. The third-order valence-electron chi connectivity index (χ3n) is 9.48. The molecule has 4 atom stereocenters. The maximum atomic E-state index is 12.4. The highest BCUT2D eigenvalue weighted by molar-refractivity contribution is 6.77. The van der Waals surface area contributed by atoms with Gasteiger partial charge >= 0.3 is 5.97 Å². The summed E-state index contributed by atoms with van der Waals surface area (Å²) in [5.41, 5.74) is 3.03. The van der Waals surface area contributed by atoms with Gasteiger partial charge in [-0.25, -0.2) is 4.79 Å². The lowest BCUT2D eigenvalue weighted by Crippen LogP contribution is -2.47. The number of esters is 1. The van der Waals surface area contributed by atoms with Gasteiger partial charge in [0.2, 0.25) is 8.32 Å². The van der Waals surface area contributed by atoms with Crippen molar-refractivity contribution in [3.8, 4) is 0 Å². The number of aryl methyl sites for hydroxylation is 1. The summed E-state index contributed by atoms with van der Waals surface area (Å²) >= 11 is 0. The van der Waals surface area contributed by atoms with E-state index >= 15 is 0 Å². The molecule has 0 spiro atoms. The Kier molecular flexibility index (Phi) is 15.3. The molecule has 0 aliphatic carbocycles. The van der Waals surface area contributed by atoms with Crippen molar-refractivity contribution in [2.24, 2.45) is 11.8 Å². The van der Waals surface area contributed by atoms with Crippen LogP contribution in [-0.2, 0) is 25.0 Å². The highest BCUT2D eigenvalue weighted by atomic mass is 28.4. The SMILES string of the molecule is CCOC(=O)/C(C)=C/[C@@H](C)[C@@H](O[Si](CC)(CC)CC)[C@@H](C)[C@H](O)c1cc(CO[Si](C(C)C)(C(C)C)C(C)C)c(C)o1. The van der Waals surface area contributed by atoms with E-state index in [9.17, 15) is 9.90 Å². The normalized spacial score (nSPS) is 16.4. The van der Waals surface area contributed by atoms with Gasteiger partial charge < -0.3 is 23.1 Å². The van der Waals surface area contributed by atoms with E-state index in [2.05, 4.69) is 69.2 Å². The molecule has 1 aromatic heterocycles. The molecule has 0 fully saturated rings. The minimum atomic E-state index is -2.04. The summed E-state index contributed by atoms with van der Waals surface area (Å²) in [6.45, 7) is 30.8. The molecule has 1 heterocycles. The molecule has 0 saturated carbocycles. The van der Waals surface area contributed by atoms with Crippen LogP contribution in [0.1, 0.15) is 113 Å². The van der Waals surface area contributed by atoms with Crippen molar-refractivity contribution < 1.29 is 27.9 Å². The Morgan fingerprint density at radius 2 is 1.46 bits per heavy atom. The maximum Gasteiger partial charge on any atom is 0.333 e. The van der Waals surface area contributed by atoms with Crippen LogP contribution in [0.2, 0.25) is 34.8 Å². The van der Waals surface area contributed by atoms with E-state index in [0.717, 1.165) is 29.5 Å². The number of carbonyl (C=O) groups is 1. The summed E-state index contributed by atoms with van der Waals surface area (Å²) in [6.07, 6.45) is 0.798. The van der Waals surface area contributed by atoms with Crippen molar-refractivity contribution in [3.63, 3.8) is 0 Å². The second-order valence-electron chi connectivity index (χ2n) is 12.9. The van der Waals surface area contributed by atoms with Crippen LogP contribution in [0.4, 0.5) is 0 Å². The largest absolute Gasteiger partial charge is 0.463 e. The molecule has 0 bridgehead atoms. The van der Waals surface area contributed by atoms with Gasteiger partial charge in [0, 0.05) is 23.0 Å². The van der Waals surface area contributed by atoms with Crippen LogP contribution in [-0.4, -0.2) is 40.4 Å². The van der Waals surface area contributed by atoms with E-state index < -0.39 is 22.7 Å². The Balaban J connectivity index is 3.38. The predicted octanol–water partition coefficient (Wildman–Crippen LogP) is 9.49. The third kappa shape index (κ3) is 9.15. The molecule has 238 valence electrons. The third-order valence-corrected chi connectivity index (χ3v) is 20.2. The van der Waals surface area contributed by atoms with Crippen molar-refractivity contribution in [1.82, 2.24) is 0 Å². The predicted molar refractivity (Wildman–Crippen MR) is 175 cm³/mol. The van der Waals surface area contributed by atoms with Crippen molar-refractivity contribution in [1.29, 1.82) is 0 Å². The molecule has 1 aromatic rings. The number of hydrogen-bond acceptors (Lipinski definition) is 6. The van der Waals surface area contributed by atoms with Gasteiger partial charge in [-0.05, 0) is 61.6 Å². The first-order chi connectivity index (χ1) is 19.1. The Morgan fingerprint density at radius 1 is 0.951 bits per heavy atom. The van der Waals surface area contributed by atoms with Crippen molar-refractivity contribution in [2.45, 2.75) is 151 Å². The fraction of sp³-hybridized carbons (Fsp3) is 0.788. The molecule has 0 aliphatic heterocycles. The first-order valence-corrected chi connectivity index (χ1v) is 20.7. The lowest BCUT2D eigenvalue weighted by molar-refractivity contribution is -0.138. The minimum Gasteiger partial charge on any atom is -0.463 e. The topological polar surface area (TPSA) is 78.1 Å². The van der Waals surface area contributed by atoms with Crippen molar-refractivity contribution >= 4 is 22.6 Å². The van der Waals surface area contributed by atoms with Crippen LogP contribution in [0.5, 0.6) is 0 Å². The monoisotopic (exact) mass is 610 g/mol. The Hall–Kier alpha value is -1.20. The molecule has 0 amide bonds. The first kappa shape index (κ1) is 37.8. The molecule has 41 heavy (non-hydrogen) atoms. The van der Waals surface area contributed by atoms with E-state index in [1.54, 1.807) is 6.92 Å². The molecule has 6 nitrogen and oxygen atoms in total. The Morgan fingerprint density at radius 3 is 1.90 bits per heavy atom. The summed E-state index contributed by atoms with van der Waals surface area (Å²) < 4.78 is 25.3. The zero-order valence-electron chi connectivity index (χ0n) is 28.7. The van der Waals surface area contributed by atoms with Gasteiger partial charge in [-0.1, -0.05) is 82.2 Å². The second-order valence-corrected chi connectivity index (χ2v) is 23.1. The van der Waals surface area contributed by atoms with Gasteiger partial charge in [-0.15, -0.1) is 0 Å². The molecular weight excluding hydrogens is 549 g/mol. The number of aliphatic hydroxyl groups excluding tert-OH is 1. The fourth-order valence-corrected chi connectivity index (χ4v) is 15.2. The number of aliphatic hydroxyl groups is 1. The van der Waals surface area contributed by atoms with Gasteiger partial charge in [0.15, 0.2) is 8.32 Å². The quantitative estimate of drug-likeness (QED) is 0.101. The van der Waals surface area contributed by atoms with Crippen LogP contribution in [0.25, 0.3) is 0 Å². The summed E-state index contributed by atoms with van der Waals surface area (Å²) in [4.78, 5) is 12.4. The molecule has 0 aromatic carbocycles. The van der Waals surface area contributed by atoms with Crippen LogP contribution in [0.3, 0.4) is 0 Å². The zero-order chi connectivity index (χ0) is 31.7. The average Bonchev–Trinajstić information content (AvgIpc) is 3.29. The van der Waals surface area contributed by atoms with Crippen molar-refractivity contribution in [2.75, 3.05) is 6.61 Å². The van der Waals surface area contributed by atoms with E-state index in [-0.39, 0.29) is 23.9 Å². The second kappa shape index (κ2) is 16.6. The summed E-state index contributed by atoms with van der Waals surface area (Å²) in [5.74, 6) is 0.652. The van der Waals surface area contributed by atoms with Crippen LogP contribution in [0.15, 0.2) is 22.1 Å². The highest BCUT2D eigenvalue weighted by Crippen LogP contribution is 2.43. The van der Waals surface area contributed by atoms with E-state index in [4.69, 9.17) is 18.0 Å². The smallest absolute Gasteiger partial charge is 0.333 e. The molecule has 0 unspecified atom stereocenters. The highest BCUT2D eigenvalue weighted by Gasteiger charge is 2.45. The van der Waals surface area contributed by atoms with Gasteiger partial charge in [0.1, 0.15) is 17.6 Å². The summed E-state index contributed by atoms with van der Waals surface area (Å²) in [7, 11) is -4.06. The van der Waals surface area contributed by atoms with E-state index in [1.165, 1.54) is 0 Å². The van der Waals surface area contributed by atoms with E-state index in [0.29, 0.717) is 41.2 Å². The average molecular weight is 611 g/mol. The lowest BCUT2D eigenvalue weighted by atomic mass is 9.87. The molecule has 0 saturated heterocycles. The van der Waals surface area contributed by atoms with Crippen LogP contribution < -0.4 is 0 Å². The maximum absolute atomic E-state index is 12.4. The molecule has 0 aliphatic rings. The Labute approximate surface area is 253 Å². The Bertz CT molecular complexity index is 933.